The molecule has 324 valence electrons. The minimum absolute atomic E-state index is 0.0171. The molecule has 13 rings (SSSR count). The number of methoxy groups -OCH3 is 2. The summed E-state index contributed by atoms with van der Waals surface area (Å²) in [5.74, 6) is 3.28. The number of nitrogens with zero attached hydrogens (tertiary/aromatic N) is 4. The minimum atomic E-state index is -0.517. The van der Waals surface area contributed by atoms with Gasteiger partial charge in [0.15, 0.2) is 11.6 Å². The van der Waals surface area contributed by atoms with Crippen LogP contribution in [0.3, 0.4) is 0 Å². The van der Waals surface area contributed by atoms with Crippen molar-refractivity contribution in [2.75, 3.05) is 40.4 Å². The van der Waals surface area contributed by atoms with Crippen LogP contribution in [-0.4, -0.2) is 83.8 Å². The van der Waals surface area contributed by atoms with Gasteiger partial charge in [-0.25, -0.2) is 0 Å². The van der Waals surface area contributed by atoms with Gasteiger partial charge in [0.2, 0.25) is 0 Å². The molecule has 6 saturated heterocycles. The second kappa shape index (κ2) is 16.3. The molecule has 6 aliphatic heterocycles. The van der Waals surface area contributed by atoms with Crippen molar-refractivity contribution >= 4 is 33.4 Å². The van der Waals surface area contributed by atoms with E-state index in [0.29, 0.717) is 57.8 Å². The van der Waals surface area contributed by atoms with Gasteiger partial charge in [-0.2, -0.15) is 0 Å². The SMILES string of the molecule is C=C[C@@H]1CN2CC[C@@H]1C[C@@H]2[C@H](Oc1ccc(O[C@H](c2ccnc3ccc(OC)cc23)[C@H]2C[C@@H]3CCN2C[C@H]3C=C)c2c1C(=O)c1ccccc1C2=O)c1ccnc2ccc(OC)cc12. The highest BCUT2D eigenvalue weighted by Crippen LogP contribution is 2.49. The van der Waals surface area contributed by atoms with E-state index in [0.717, 1.165) is 84.8 Å². The lowest BCUT2D eigenvalue weighted by Crippen LogP contribution is -2.55. The standard InChI is InChI=1S/C54H52N4O6/c1-5-31-29-57-23-19-33(31)25-45(57)53(39-17-21-55-43-13-11-35(61-3)27-41(39)43)63-47-15-16-48(50-49(47)51(59)37-9-7-8-10-38(37)52(50)60)64-54(46-26-34-20-24-58(46)30-32(34)6-2)40-18-22-56-44-14-12-36(62-4)28-42(40)44/h5-18,21-22,27-28,31-34,45-46,53-54H,1-2,19-20,23-26,29-30H2,3-4H3/t31-,32-,33-,34+,45-,46-,53-,54-/m1/s1. The fraction of sp³-hybridized carbons (Fsp3) is 0.333. The van der Waals surface area contributed by atoms with Crippen LogP contribution in [0.2, 0.25) is 0 Å². The van der Waals surface area contributed by atoms with Crippen molar-refractivity contribution in [2.45, 2.75) is 50.0 Å². The van der Waals surface area contributed by atoms with E-state index in [2.05, 4.69) is 35.1 Å². The first-order valence-corrected chi connectivity index (χ1v) is 22.6. The van der Waals surface area contributed by atoms with Crippen LogP contribution in [0.25, 0.3) is 21.8 Å². The Balaban J connectivity index is 1.07. The molecule has 4 bridgehead atoms. The molecule has 64 heavy (non-hydrogen) atoms. The predicted octanol–water partition coefficient (Wildman–Crippen LogP) is 9.61. The third kappa shape index (κ3) is 6.68. The molecule has 10 atom stereocenters. The maximum absolute atomic E-state index is 15.1. The number of hydrogen-bond acceptors (Lipinski definition) is 10. The van der Waals surface area contributed by atoms with Crippen molar-refractivity contribution in [3.8, 4) is 23.0 Å². The molecule has 10 heteroatoms. The Bertz CT molecular complexity index is 2670. The van der Waals surface area contributed by atoms with Crippen LogP contribution < -0.4 is 18.9 Å². The number of fused-ring (bicyclic) bond motifs is 10. The minimum Gasteiger partial charge on any atom is -0.497 e. The first-order chi connectivity index (χ1) is 31.3. The molecule has 8 heterocycles. The van der Waals surface area contributed by atoms with Crippen LogP contribution in [0.5, 0.6) is 23.0 Å². The fourth-order valence-corrected chi connectivity index (χ4v) is 11.8. The van der Waals surface area contributed by atoms with Gasteiger partial charge < -0.3 is 18.9 Å². The highest BCUT2D eigenvalue weighted by atomic mass is 16.5. The lowest BCUT2D eigenvalue weighted by Gasteiger charge is -2.51. The molecule has 7 aliphatic rings. The zero-order chi connectivity index (χ0) is 43.6. The molecule has 0 amide bonds. The summed E-state index contributed by atoms with van der Waals surface area (Å²) in [6.07, 6.45) is 10.8. The number of ketones is 2. The van der Waals surface area contributed by atoms with E-state index in [-0.39, 0.29) is 34.8 Å². The topological polar surface area (TPSA) is 103 Å². The van der Waals surface area contributed by atoms with E-state index >= 15 is 9.59 Å². The molecule has 2 aromatic heterocycles. The van der Waals surface area contributed by atoms with Gasteiger partial charge in [-0.3, -0.25) is 29.4 Å². The van der Waals surface area contributed by atoms with E-state index in [4.69, 9.17) is 28.9 Å². The number of benzene rings is 4. The molecule has 4 aromatic carbocycles. The van der Waals surface area contributed by atoms with E-state index in [1.54, 1.807) is 38.5 Å². The third-order valence-corrected chi connectivity index (χ3v) is 15.1. The Morgan fingerprint density at radius 2 is 1.08 bits per heavy atom. The maximum atomic E-state index is 15.1. The summed E-state index contributed by atoms with van der Waals surface area (Å²) in [5, 5.41) is 1.83. The largest absolute Gasteiger partial charge is 0.497 e. The van der Waals surface area contributed by atoms with Gasteiger partial charge in [0, 0.05) is 58.5 Å². The number of aromatic nitrogens is 2. The van der Waals surface area contributed by atoms with E-state index < -0.39 is 12.2 Å². The number of rotatable bonds is 12. The highest BCUT2D eigenvalue weighted by molar-refractivity contribution is 6.30. The van der Waals surface area contributed by atoms with Gasteiger partial charge >= 0.3 is 0 Å². The number of hydrogen-bond donors (Lipinski definition) is 0. The normalized spacial score (nSPS) is 26.5. The van der Waals surface area contributed by atoms with Crippen LogP contribution in [0.4, 0.5) is 0 Å². The van der Waals surface area contributed by atoms with E-state index in [1.807, 2.05) is 73.1 Å². The summed E-state index contributed by atoms with van der Waals surface area (Å²) in [6, 6.07) is 26.6. The zero-order valence-corrected chi connectivity index (χ0v) is 36.3. The zero-order valence-electron chi connectivity index (χ0n) is 36.3. The monoisotopic (exact) mass is 852 g/mol. The van der Waals surface area contributed by atoms with E-state index in [1.165, 1.54) is 0 Å². The number of ether oxygens (including phenoxy) is 4. The molecule has 0 radical (unpaired) electrons. The molecule has 0 saturated carbocycles. The number of carbonyl (C=O) groups excluding carboxylic acids is 2. The summed E-state index contributed by atoms with van der Waals surface area (Å²) in [5.41, 5.74) is 4.66. The van der Waals surface area contributed by atoms with Crippen LogP contribution in [0, 0.1) is 23.7 Å². The summed E-state index contributed by atoms with van der Waals surface area (Å²) in [4.78, 5) is 44.7. The van der Waals surface area contributed by atoms with Crippen molar-refractivity contribution in [3.05, 3.63) is 156 Å². The lowest BCUT2D eigenvalue weighted by molar-refractivity contribution is -0.0368. The first kappa shape index (κ1) is 40.4. The summed E-state index contributed by atoms with van der Waals surface area (Å²) >= 11 is 0. The molecule has 2 unspecified atom stereocenters. The van der Waals surface area contributed by atoms with Gasteiger partial charge in [-0.15, -0.1) is 13.2 Å². The van der Waals surface area contributed by atoms with Crippen molar-refractivity contribution in [1.82, 2.24) is 19.8 Å². The Morgan fingerprint density at radius 1 is 0.625 bits per heavy atom. The van der Waals surface area contributed by atoms with Crippen molar-refractivity contribution in [1.29, 1.82) is 0 Å². The Labute approximate surface area is 373 Å². The van der Waals surface area contributed by atoms with Crippen molar-refractivity contribution in [2.24, 2.45) is 23.7 Å². The maximum Gasteiger partial charge on any atom is 0.198 e. The number of carbonyl (C=O) groups is 2. The molecule has 0 N–H and O–H groups in total. The van der Waals surface area contributed by atoms with Gasteiger partial charge in [-0.05, 0) is 123 Å². The Morgan fingerprint density at radius 3 is 1.47 bits per heavy atom. The molecular formula is C54H52N4O6. The molecule has 6 aromatic rings. The first-order valence-electron chi connectivity index (χ1n) is 22.6. The Kier molecular flexibility index (Phi) is 10.3. The average molecular weight is 853 g/mol. The molecule has 1 aliphatic carbocycles. The van der Waals surface area contributed by atoms with Gasteiger partial charge in [0.1, 0.15) is 35.2 Å². The summed E-state index contributed by atoms with van der Waals surface area (Å²) in [6.45, 7) is 12.0. The smallest absolute Gasteiger partial charge is 0.198 e. The van der Waals surface area contributed by atoms with Gasteiger partial charge in [-0.1, -0.05) is 36.4 Å². The van der Waals surface area contributed by atoms with Crippen LogP contribution >= 0.6 is 0 Å². The molecule has 6 fully saturated rings. The van der Waals surface area contributed by atoms with Crippen LogP contribution in [-0.2, 0) is 0 Å². The van der Waals surface area contributed by atoms with Gasteiger partial charge in [0.05, 0.1) is 48.5 Å². The average Bonchev–Trinajstić information content (AvgIpc) is 3.36. The van der Waals surface area contributed by atoms with Crippen molar-refractivity contribution in [3.63, 3.8) is 0 Å². The number of piperidine rings is 6. The van der Waals surface area contributed by atoms with Crippen LogP contribution in [0.1, 0.15) is 80.9 Å². The number of pyridine rings is 2. The quantitative estimate of drug-likeness (QED) is 0.111. The lowest BCUT2D eigenvalue weighted by atomic mass is 9.73. The third-order valence-electron chi connectivity index (χ3n) is 15.1. The summed E-state index contributed by atoms with van der Waals surface area (Å²) in [7, 11) is 3.32. The highest BCUT2D eigenvalue weighted by Gasteiger charge is 2.47. The summed E-state index contributed by atoms with van der Waals surface area (Å²) < 4.78 is 26.2. The van der Waals surface area contributed by atoms with Crippen LogP contribution in [0.15, 0.2) is 123 Å². The fourth-order valence-electron chi connectivity index (χ4n) is 11.8. The van der Waals surface area contributed by atoms with Gasteiger partial charge in [0.25, 0.3) is 0 Å². The van der Waals surface area contributed by atoms with E-state index in [9.17, 15) is 0 Å². The second-order valence-corrected chi connectivity index (χ2v) is 18.2. The predicted molar refractivity (Wildman–Crippen MR) is 247 cm³/mol. The van der Waals surface area contributed by atoms with Crippen molar-refractivity contribution < 1.29 is 28.5 Å². The molecule has 10 nitrogen and oxygen atoms in total. The molecular weight excluding hydrogens is 801 g/mol. The molecule has 0 spiro atoms. The second-order valence-electron chi connectivity index (χ2n) is 18.2. The Hall–Kier alpha value is -6.36.